The van der Waals surface area contributed by atoms with Crippen LogP contribution in [0.3, 0.4) is 0 Å². The number of rotatable bonds is 4. The number of hydrogen-bond donors (Lipinski definition) is 0. The van der Waals surface area contributed by atoms with E-state index in [4.69, 9.17) is 11.6 Å². The Morgan fingerprint density at radius 1 is 0.963 bits per heavy atom. The first kappa shape index (κ1) is 17.2. The molecule has 4 rings (SSSR count). The molecule has 6 nitrogen and oxygen atoms in total. The SMILES string of the molecule is O=CC1N(c2ccccc2)CC(c2ncccn2)=NN1c1ccccc1Cl. The first-order valence-corrected chi connectivity index (χ1v) is 8.81. The summed E-state index contributed by atoms with van der Waals surface area (Å²) in [5, 5.41) is 6.81. The molecular formula is C20H16ClN5O. The van der Waals surface area contributed by atoms with Crippen molar-refractivity contribution < 1.29 is 4.79 Å². The highest BCUT2D eigenvalue weighted by Crippen LogP contribution is 2.31. The third kappa shape index (κ3) is 3.39. The van der Waals surface area contributed by atoms with Crippen molar-refractivity contribution in [2.24, 2.45) is 5.10 Å². The summed E-state index contributed by atoms with van der Waals surface area (Å²) in [5.74, 6) is 0.514. The molecule has 1 aliphatic heterocycles. The van der Waals surface area contributed by atoms with Gasteiger partial charge in [-0.2, -0.15) is 5.10 Å². The minimum atomic E-state index is -0.639. The Labute approximate surface area is 161 Å². The summed E-state index contributed by atoms with van der Waals surface area (Å²) in [6.45, 7) is 0.401. The maximum Gasteiger partial charge on any atom is 0.180 e. The molecule has 1 unspecified atom stereocenters. The number of halogens is 1. The molecule has 0 spiro atoms. The van der Waals surface area contributed by atoms with Crippen LogP contribution in [-0.2, 0) is 4.79 Å². The lowest BCUT2D eigenvalue weighted by Gasteiger charge is -2.40. The number of para-hydroxylation sites is 2. The van der Waals surface area contributed by atoms with Crippen molar-refractivity contribution in [3.8, 4) is 0 Å². The standard InChI is InChI=1S/C20H16ClN5O/c21-16-9-4-5-10-18(16)26-19(14-27)25(15-7-2-1-3-8-15)13-17(24-26)20-22-11-6-12-23-20/h1-12,14,19H,13H2. The van der Waals surface area contributed by atoms with E-state index in [0.29, 0.717) is 28.8 Å². The molecule has 0 fully saturated rings. The van der Waals surface area contributed by atoms with Gasteiger partial charge in [0.15, 0.2) is 18.3 Å². The lowest BCUT2D eigenvalue weighted by Crippen LogP contribution is -2.54. The summed E-state index contributed by atoms with van der Waals surface area (Å²) in [7, 11) is 0. The predicted molar refractivity (Wildman–Crippen MR) is 106 cm³/mol. The Morgan fingerprint density at radius 3 is 2.37 bits per heavy atom. The highest BCUT2D eigenvalue weighted by Gasteiger charge is 2.33. The quantitative estimate of drug-likeness (QED) is 0.652. The van der Waals surface area contributed by atoms with Gasteiger partial charge < -0.3 is 4.90 Å². The summed E-state index contributed by atoms with van der Waals surface area (Å²) >= 11 is 6.39. The Bertz CT molecular complexity index is 964. The third-order valence-corrected chi connectivity index (χ3v) is 4.57. The van der Waals surface area contributed by atoms with Crippen LogP contribution in [0.5, 0.6) is 0 Å². The monoisotopic (exact) mass is 377 g/mol. The Hall–Kier alpha value is -3.25. The Balaban J connectivity index is 1.86. The van der Waals surface area contributed by atoms with Crippen LogP contribution in [-0.4, -0.2) is 34.7 Å². The molecule has 1 aliphatic rings. The fraction of sp³-hybridized carbons (Fsp3) is 0.100. The molecule has 2 aromatic carbocycles. The molecule has 1 aromatic heterocycles. The lowest BCUT2D eigenvalue weighted by atomic mass is 10.2. The molecular weight excluding hydrogens is 362 g/mol. The highest BCUT2D eigenvalue weighted by molar-refractivity contribution is 6.33. The van der Waals surface area contributed by atoms with E-state index in [1.54, 1.807) is 29.5 Å². The molecule has 0 radical (unpaired) electrons. The lowest BCUT2D eigenvalue weighted by molar-refractivity contribution is -0.109. The van der Waals surface area contributed by atoms with E-state index in [9.17, 15) is 4.79 Å². The molecule has 134 valence electrons. The minimum Gasteiger partial charge on any atom is -0.338 e. The second-order valence-corrected chi connectivity index (χ2v) is 6.34. The molecule has 2 heterocycles. The van der Waals surface area contributed by atoms with Gasteiger partial charge in [0.25, 0.3) is 0 Å². The number of hydrazone groups is 1. The van der Waals surface area contributed by atoms with Crippen molar-refractivity contribution in [1.82, 2.24) is 9.97 Å². The maximum absolute atomic E-state index is 12.1. The summed E-state index contributed by atoms with van der Waals surface area (Å²) in [4.78, 5) is 22.6. The fourth-order valence-corrected chi connectivity index (χ4v) is 3.22. The van der Waals surface area contributed by atoms with Gasteiger partial charge in [0, 0.05) is 18.1 Å². The van der Waals surface area contributed by atoms with Crippen LogP contribution < -0.4 is 9.91 Å². The average molecular weight is 378 g/mol. The summed E-state index contributed by atoms with van der Waals surface area (Å²) < 4.78 is 0. The first-order chi connectivity index (χ1) is 13.3. The number of benzene rings is 2. The van der Waals surface area contributed by atoms with Crippen molar-refractivity contribution >= 4 is 35.0 Å². The summed E-state index contributed by atoms with van der Waals surface area (Å²) in [6.07, 6.45) is 3.56. The van der Waals surface area contributed by atoms with Crippen LogP contribution in [0.15, 0.2) is 78.2 Å². The van der Waals surface area contributed by atoms with Gasteiger partial charge in [0.05, 0.1) is 17.3 Å². The summed E-state index contributed by atoms with van der Waals surface area (Å²) in [5.41, 5.74) is 2.19. The van der Waals surface area contributed by atoms with Gasteiger partial charge in [-0.1, -0.05) is 41.9 Å². The number of nitrogens with zero attached hydrogens (tertiary/aromatic N) is 5. The topological polar surface area (TPSA) is 61.7 Å². The van der Waals surface area contributed by atoms with E-state index >= 15 is 0 Å². The maximum atomic E-state index is 12.1. The molecule has 0 N–H and O–H groups in total. The van der Waals surface area contributed by atoms with Gasteiger partial charge in [-0.15, -0.1) is 0 Å². The van der Waals surface area contributed by atoms with Gasteiger partial charge in [-0.05, 0) is 30.3 Å². The zero-order valence-electron chi connectivity index (χ0n) is 14.3. The van der Waals surface area contributed by atoms with Gasteiger partial charge in [-0.25, -0.2) is 15.0 Å². The molecule has 3 aromatic rings. The van der Waals surface area contributed by atoms with Crippen molar-refractivity contribution in [3.05, 3.63) is 83.9 Å². The number of carbonyl (C=O) groups is 1. The number of aromatic nitrogens is 2. The van der Waals surface area contributed by atoms with Gasteiger partial charge in [0.1, 0.15) is 5.71 Å². The second kappa shape index (κ2) is 7.55. The molecule has 0 aliphatic carbocycles. The largest absolute Gasteiger partial charge is 0.338 e. The van der Waals surface area contributed by atoms with Crippen LogP contribution in [0.2, 0.25) is 5.02 Å². The van der Waals surface area contributed by atoms with Crippen LogP contribution in [0.1, 0.15) is 5.82 Å². The van der Waals surface area contributed by atoms with Crippen LogP contribution in [0.4, 0.5) is 11.4 Å². The summed E-state index contributed by atoms with van der Waals surface area (Å²) in [6, 6.07) is 18.8. The van der Waals surface area contributed by atoms with Crippen LogP contribution in [0, 0.1) is 0 Å². The van der Waals surface area contributed by atoms with E-state index in [-0.39, 0.29) is 0 Å². The zero-order chi connectivity index (χ0) is 18.6. The third-order valence-electron chi connectivity index (χ3n) is 4.25. The first-order valence-electron chi connectivity index (χ1n) is 8.43. The average Bonchev–Trinajstić information content (AvgIpc) is 2.74. The Kier molecular flexibility index (Phi) is 4.80. The number of hydrogen-bond acceptors (Lipinski definition) is 6. The minimum absolute atomic E-state index is 0.401. The van der Waals surface area contributed by atoms with E-state index in [0.717, 1.165) is 12.0 Å². The highest BCUT2D eigenvalue weighted by atomic mass is 35.5. The molecule has 0 amide bonds. The van der Waals surface area contributed by atoms with E-state index in [2.05, 4.69) is 15.1 Å². The van der Waals surface area contributed by atoms with E-state index in [1.807, 2.05) is 53.4 Å². The molecule has 7 heteroatoms. The zero-order valence-corrected chi connectivity index (χ0v) is 15.1. The van der Waals surface area contributed by atoms with Gasteiger partial charge in [-0.3, -0.25) is 4.79 Å². The van der Waals surface area contributed by atoms with Crippen LogP contribution >= 0.6 is 11.6 Å². The normalized spacial score (nSPS) is 16.8. The van der Waals surface area contributed by atoms with E-state index < -0.39 is 6.17 Å². The van der Waals surface area contributed by atoms with Crippen LogP contribution in [0.25, 0.3) is 0 Å². The molecule has 0 bridgehead atoms. The van der Waals surface area contributed by atoms with Crippen molar-refractivity contribution in [2.45, 2.75) is 6.17 Å². The molecule has 27 heavy (non-hydrogen) atoms. The van der Waals surface area contributed by atoms with Gasteiger partial charge >= 0.3 is 0 Å². The molecule has 0 saturated carbocycles. The smallest absolute Gasteiger partial charge is 0.180 e. The number of carbonyl (C=O) groups excluding carboxylic acids is 1. The second-order valence-electron chi connectivity index (χ2n) is 5.93. The molecule has 1 atom stereocenters. The van der Waals surface area contributed by atoms with Crippen molar-refractivity contribution in [3.63, 3.8) is 0 Å². The predicted octanol–water partition coefficient (Wildman–Crippen LogP) is 3.39. The van der Waals surface area contributed by atoms with Crippen molar-refractivity contribution in [2.75, 3.05) is 16.5 Å². The number of anilines is 2. The van der Waals surface area contributed by atoms with Gasteiger partial charge in [0.2, 0.25) is 0 Å². The number of aldehydes is 1. The van der Waals surface area contributed by atoms with E-state index in [1.165, 1.54) is 0 Å². The molecule has 0 saturated heterocycles. The van der Waals surface area contributed by atoms with Crippen molar-refractivity contribution in [1.29, 1.82) is 0 Å². The Morgan fingerprint density at radius 2 is 1.67 bits per heavy atom. The fourth-order valence-electron chi connectivity index (χ4n) is 3.00.